The van der Waals surface area contributed by atoms with E-state index in [1.807, 2.05) is 0 Å². The highest BCUT2D eigenvalue weighted by molar-refractivity contribution is 8.91. The van der Waals surface area contributed by atoms with Crippen molar-refractivity contribution in [1.29, 1.82) is 0 Å². The van der Waals surface area contributed by atoms with Crippen molar-refractivity contribution in [3.63, 3.8) is 0 Å². The third kappa shape index (κ3) is 4.76. The number of rotatable bonds is 2. The fourth-order valence-corrected chi connectivity index (χ4v) is 1.16. The zero-order valence-electron chi connectivity index (χ0n) is 3.08. The lowest BCUT2D eigenvalue weighted by Crippen LogP contribution is -1.80. The van der Waals surface area contributed by atoms with E-state index in [-0.39, 0.29) is 7.66 Å². The van der Waals surface area contributed by atoms with Gasteiger partial charge in [0.2, 0.25) is 0 Å². The van der Waals surface area contributed by atoms with Gasteiger partial charge in [0.15, 0.2) is 10.4 Å². The van der Waals surface area contributed by atoms with Crippen LogP contribution in [-0.4, -0.2) is 10.8 Å². The van der Waals surface area contributed by atoms with Crippen LogP contribution in [-0.2, 0) is 14.8 Å². The Morgan fingerprint density at radius 3 is 2.50 bits per heavy atom. The quantitative estimate of drug-likeness (QED) is 0.330. The predicted octanol–water partition coefficient (Wildman–Crippen LogP) is 1.22. The first-order chi connectivity index (χ1) is 2.77. The average molecular weight is 142 g/mol. The molecule has 2 nitrogen and oxygen atoms in total. The van der Waals surface area contributed by atoms with Crippen molar-refractivity contribution in [3.8, 4) is 0 Å². The topological polar surface area (TPSA) is 40.1 Å². The van der Waals surface area contributed by atoms with E-state index in [0.717, 1.165) is 10.4 Å². The molecule has 0 fully saturated rings. The van der Waals surface area contributed by atoms with Crippen LogP contribution >= 0.6 is 18.1 Å². The Hall–Kier alpha value is 0.760. The second-order valence-electron chi connectivity index (χ2n) is 0.550. The molecule has 0 aromatic carbocycles. The maximum Gasteiger partial charge on any atom is 0.283 e. The summed E-state index contributed by atoms with van der Waals surface area (Å²) in [6.07, 6.45) is 1.48. The van der Waals surface area contributed by atoms with Gasteiger partial charge in [-0.2, -0.15) is 0 Å². The van der Waals surface area contributed by atoms with Crippen molar-refractivity contribution < 1.29 is 9.12 Å². The molecule has 6 heavy (non-hydrogen) atoms. The summed E-state index contributed by atoms with van der Waals surface area (Å²) in [5.41, 5.74) is 0. The lowest BCUT2D eigenvalue weighted by atomic mass is 12.0. The Bertz CT molecular complexity index is 46.8. The Morgan fingerprint density at radius 2 is 2.50 bits per heavy atom. The van der Waals surface area contributed by atoms with Gasteiger partial charge >= 0.3 is 0 Å². The Morgan fingerprint density at radius 1 is 2.00 bits per heavy atom. The lowest BCUT2D eigenvalue weighted by Gasteiger charge is -1.89. The molecule has 1 unspecified atom stereocenters. The summed E-state index contributed by atoms with van der Waals surface area (Å²) in [6, 6.07) is 0. The maximum absolute atomic E-state index is 9.91. The average Bonchev–Trinajstić information content (AvgIpc) is 1.35. The fraction of sp³-hybridized carbons (Fsp3) is 1.00. The minimum Gasteiger partial charge on any atom is -0.605 e. The SMILES string of the molecule is C[S+]([O-])SP=O. The summed E-state index contributed by atoms with van der Waals surface area (Å²) in [5, 5.41) is 0. The molecule has 1 atom stereocenters. The predicted molar refractivity (Wildman–Crippen MR) is 29.3 cm³/mol. The monoisotopic (exact) mass is 142 g/mol. The van der Waals surface area contributed by atoms with E-state index in [9.17, 15) is 9.12 Å². The van der Waals surface area contributed by atoms with Crippen LogP contribution < -0.4 is 0 Å². The van der Waals surface area contributed by atoms with Gasteiger partial charge in [0, 0.05) is 10.2 Å². The van der Waals surface area contributed by atoms with Crippen LogP contribution in [0.25, 0.3) is 0 Å². The molecule has 0 aliphatic heterocycles. The molecule has 0 spiro atoms. The van der Waals surface area contributed by atoms with Crippen molar-refractivity contribution in [2.75, 3.05) is 6.26 Å². The summed E-state index contributed by atoms with van der Waals surface area (Å²) in [5.74, 6) is 0. The van der Waals surface area contributed by atoms with E-state index in [2.05, 4.69) is 0 Å². The van der Waals surface area contributed by atoms with Gasteiger partial charge in [-0.1, -0.05) is 0 Å². The van der Waals surface area contributed by atoms with Gasteiger partial charge in [0.25, 0.3) is 7.66 Å². The Labute approximate surface area is 44.2 Å². The minimum absolute atomic E-state index is 0.110. The first-order valence-electron chi connectivity index (χ1n) is 1.11. The first-order valence-corrected chi connectivity index (χ1v) is 5.42. The summed E-state index contributed by atoms with van der Waals surface area (Å²) < 4.78 is 19.4. The second kappa shape index (κ2) is 3.93. The van der Waals surface area contributed by atoms with E-state index < -0.39 is 10.2 Å². The summed E-state index contributed by atoms with van der Waals surface area (Å²) >= 11 is 0. The summed E-state index contributed by atoms with van der Waals surface area (Å²) in [7, 11) is -0.208. The van der Waals surface area contributed by atoms with Crippen LogP contribution in [0.2, 0.25) is 0 Å². The molecule has 5 heteroatoms. The van der Waals surface area contributed by atoms with Crippen LogP contribution in [0.5, 0.6) is 0 Å². The Kier molecular flexibility index (Phi) is 4.43. The minimum atomic E-state index is -0.974. The zero-order chi connectivity index (χ0) is 4.99. The molecule has 0 aromatic heterocycles. The van der Waals surface area contributed by atoms with Crippen LogP contribution in [0.4, 0.5) is 0 Å². The van der Waals surface area contributed by atoms with Crippen molar-refractivity contribution in [1.82, 2.24) is 0 Å². The molecule has 0 saturated heterocycles. The molecular weight excluding hydrogens is 139 g/mol. The first kappa shape index (κ1) is 6.76. The highest BCUT2D eigenvalue weighted by Crippen LogP contribution is 2.22. The molecule has 0 N–H and O–H groups in total. The summed E-state index contributed by atoms with van der Waals surface area (Å²) in [6.45, 7) is 0. The molecule has 0 aliphatic rings. The lowest BCUT2D eigenvalue weighted by molar-refractivity contribution is 0.605. The Balaban J connectivity index is 2.81. The molecule has 0 bridgehead atoms. The normalized spacial score (nSPS) is 15.0. The molecule has 36 valence electrons. The zero-order valence-corrected chi connectivity index (χ0v) is 5.61. The van der Waals surface area contributed by atoms with Crippen LogP contribution in [0.15, 0.2) is 0 Å². The van der Waals surface area contributed by atoms with Gasteiger partial charge in [-0.3, -0.25) is 4.57 Å². The highest BCUT2D eigenvalue weighted by Gasteiger charge is 1.94. The van der Waals surface area contributed by atoms with Crippen LogP contribution in [0.3, 0.4) is 0 Å². The summed E-state index contributed by atoms with van der Waals surface area (Å²) in [4.78, 5) is 0. The molecular formula is CH3O2PS2. The number of hydrogen-bond donors (Lipinski definition) is 0. The fourth-order valence-electron chi connectivity index (χ4n) is 0.0429. The van der Waals surface area contributed by atoms with E-state index in [4.69, 9.17) is 0 Å². The molecule has 0 rings (SSSR count). The third-order valence-electron chi connectivity index (χ3n) is 0.135. The molecule has 0 saturated carbocycles. The molecule has 0 amide bonds. The standard InChI is InChI=1S/CH3O2PS2/c1-6(3)5-4-2/h1H3. The van der Waals surface area contributed by atoms with Gasteiger partial charge in [-0.05, 0) is 0 Å². The van der Waals surface area contributed by atoms with Crippen molar-refractivity contribution in [2.24, 2.45) is 0 Å². The van der Waals surface area contributed by atoms with Crippen LogP contribution in [0, 0.1) is 0 Å². The molecule has 0 aromatic rings. The highest BCUT2D eigenvalue weighted by atomic mass is 33.3. The maximum atomic E-state index is 9.91. The van der Waals surface area contributed by atoms with Gasteiger partial charge in [0.1, 0.15) is 6.26 Å². The van der Waals surface area contributed by atoms with Crippen molar-refractivity contribution in [2.45, 2.75) is 0 Å². The van der Waals surface area contributed by atoms with Gasteiger partial charge < -0.3 is 4.55 Å². The second-order valence-corrected chi connectivity index (χ2v) is 5.30. The smallest absolute Gasteiger partial charge is 0.283 e. The van der Waals surface area contributed by atoms with Crippen molar-refractivity contribution in [3.05, 3.63) is 0 Å². The number of hydrogen-bond acceptors (Lipinski definition) is 3. The largest absolute Gasteiger partial charge is 0.605 e. The molecule has 0 radical (unpaired) electrons. The molecule has 0 aliphatic carbocycles. The van der Waals surface area contributed by atoms with E-state index in [0.29, 0.717) is 0 Å². The van der Waals surface area contributed by atoms with Gasteiger partial charge in [-0.15, -0.1) is 0 Å². The molecule has 0 heterocycles. The van der Waals surface area contributed by atoms with Crippen LogP contribution in [0.1, 0.15) is 0 Å². The third-order valence-corrected chi connectivity index (χ3v) is 3.66. The van der Waals surface area contributed by atoms with Gasteiger partial charge in [0.05, 0.1) is 0 Å². The van der Waals surface area contributed by atoms with Gasteiger partial charge in [-0.25, -0.2) is 0 Å². The van der Waals surface area contributed by atoms with E-state index in [1.165, 1.54) is 6.26 Å². The van der Waals surface area contributed by atoms with E-state index in [1.54, 1.807) is 0 Å². The van der Waals surface area contributed by atoms with Crippen molar-refractivity contribution >= 4 is 28.3 Å². The van der Waals surface area contributed by atoms with E-state index >= 15 is 0 Å².